The van der Waals surface area contributed by atoms with E-state index in [1.807, 2.05) is 12.1 Å². The van der Waals surface area contributed by atoms with Gasteiger partial charge in [0.2, 0.25) is 5.91 Å². The van der Waals surface area contributed by atoms with E-state index < -0.39 is 5.76 Å². The second-order valence-corrected chi connectivity index (χ2v) is 6.60. The van der Waals surface area contributed by atoms with Gasteiger partial charge in [0.05, 0.1) is 29.8 Å². The first-order valence-corrected chi connectivity index (χ1v) is 8.95. The molecule has 0 saturated heterocycles. The van der Waals surface area contributed by atoms with Crippen molar-refractivity contribution in [2.75, 3.05) is 19.5 Å². The number of thioether (sulfide) groups is 1. The number of rotatable bonds is 8. The van der Waals surface area contributed by atoms with E-state index in [1.165, 1.54) is 20.3 Å². The molecule has 0 unspecified atom stereocenters. The van der Waals surface area contributed by atoms with Gasteiger partial charge in [0, 0.05) is 6.42 Å². The predicted octanol–water partition coefficient (Wildman–Crippen LogP) is 5.24. The fraction of sp³-hybridized carbons (Fsp3) is 0.278. The largest absolute Gasteiger partial charge is 0.493 e. The Morgan fingerprint density at radius 1 is 1.19 bits per heavy atom. The molecule has 0 atom stereocenters. The van der Waals surface area contributed by atoms with Gasteiger partial charge in [-0.25, -0.2) is 0 Å². The van der Waals surface area contributed by atoms with Gasteiger partial charge in [0.25, 0.3) is 5.76 Å². The van der Waals surface area contributed by atoms with Crippen molar-refractivity contribution in [3.8, 4) is 11.5 Å². The second kappa shape index (κ2) is 9.64. The maximum Gasteiger partial charge on any atom is 0.289 e. The van der Waals surface area contributed by atoms with Gasteiger partial charge in [-0.3, -0.25) is 4.79 Å². The van der Waals surface area contributed by atoms with E-state index in [9.17, 15) is 13.6 Å². The van der Waals surface area contributed by atoms with Gasteiger partial charge in [0.1, 0.15) is 0 Å². The highest BCUT2D eigenvalue weighted by atomic mass is 35.5. The lowest BCUT2D eigenvalue weighted by Crippen LogP contribution is -2.13. The number of nitrogens with one attached hydrogen (secondary N) is 1. The third-order valence-corrected chi connectivity index (χ3v) is 4.83. The molecule has 2 aromatic carbocycles. The van der Waals surface area contributed by atoms with E-state index in [0.29, 0.717) is 29.7 Å². The average Bonchev–Trinajstić information content (AvgIpc) is 2.62. The van der Waals surface area contributed by atoms with Crippen LogP contribution in [0.3, 0.4) is 0 Å². The number of hydrogen-bond acceptors (Lipinski definition) is 4. The third-order valence-electron chi connectivity index (χ3n) is 3.55. The molecule has 140 valence electrons. The molecule has 0 radical (unpaired) electrons. The first kappa shape index (κ1) is 20.3. The number of methoxy groups -OCH3 is 2. The van der Waals surface area contributed by atoms with Crippen molar-refractivity contribution < 1.29 is 23.0 Å². The molecule has 0 saturated carbocycles. The van der Waals surface area contributed by atoms with Gasteiger partial charge in [-0.05, 0) is 30.2 Å². The summed E-state index contributed by atoms with van der Waals surface area (Å²) in [5.41, 5.74) is 1.08. The van der Waals surface area contributed by atoms with Crippen molar-refractivity contribution in [1.82, 2.24) is 0 Å². The van der Waals surface area contributed by atoms with E-state index in [1.54, 1.807) is 18.2 Å². The Bertz CT molecular complexity index is 774. The van der Waals surface area contributed by atoms with Crippen molar-refractivity contribution in [3.05, 3.63) is 47.0 Å². The number of alkyl halides is 2. The van der Waals surface area contributed by atoms with Gasteiger partial charge in [-0.15, -0.1) is 0 Å². The Morgan fingerprint density at radius 3 is 2.58 bits per heavy atom. The monoisotopic (exact) mass is 401 g/mol. The minimum Gasteiger partial charge on any atom is -0.493 e. The topological polar surface area (TPSA) is 47.6 Å². The van der Waals surface area contributed by atoms with Gasteiger partial charge in [-0.2, -0.15) is 8.78 Å². The predicted molar refractivity (Wildman–Crippen MR) is 99.8 cm³/mol. The number of aryl methyl sites for hydroxylation is 1. The van der Waals surface area contributed by atoms with Crippen LogP contribution in [0.2, 0.25) is 5.02 Å². The van der Waals surface area contributed by atoms with Gasteiger partial charge in [-0.1, -0.05) is 41.6 Å². The molecule has 1 amide bonds. The van der Waals surface area contributed by atoms with Crippen LogP contribution >= 0.6 is 23.4 Å². The van der Waals surface area contributed by atoms with Gasteiger partial charge in [0.15, 0.2) is 11.5 Å². The van der Waals surface area contributed by atoms with Crippen LogP contribution in [0.25, 0.3) is 0 Å². The van der Waals surface area contributed by atoms with Crippen molar-refractivity contribution in [3.63, 3.8) is 0 Å². The molecule has 0 heterocycles. The second-order valence-electron chi connectivity index (χ2n) is 5.20. The summed E-state index contributed by atoms with van der Waals surface area (Å²) >= 11 is 6.27. The van der Waals surface area contributed by atoms with E-state index in [4.69, 9.17) is 21.1 Å². The average molecular weight is 402 g/mol. The minimum atomic E-state index is -2.63. The lowest BCUT2D eigenvalue weighted by molar-refractivity contribution is -0.116. The Labute approximate surface area is 159 Å². The van der Waals surface area contributed by atoms with Crippen LogP contribution in [0.5, 0.6) is 11.5 Å². The van der Waals surface area contributed by atoms with Gasteiger partial charge >= 0.3 is 0 Å². The standard InChI is InChI=1S/C18H18ClF2NO3S/c1-24-14-8-3-5-11(16(14)25-2)9-10-15(23)22-13-7-4-6-12(19)17(13)26-18(20)21/h3-8,18H,9-10H2,1-2H3,(H,22,23). The molecule has 26 heavy (non-hydrogen) atoms. The molecule has 0 aliphatic rings. The number of anilines is 1. The smallest absolute Gasteiger partial charge is 0.289 e. The van der Waals surface area contributed by atoms with Crippen molar-refractivity contribution >= 4 is 35.0 Å². The zero-order valence-electron chi connectivity index (χ0n) is 14.2. The molecule has 0 aliphatic heterocycles. The molecule has 0 spiro atoms. The lowest BCUT2D eigenvalue weighted by Gasteiger charge is -2.14. The number of carbonyl (C=O) groups excluding carboxylic acids is 1. The normalized spacial score (nSPS) is 10.7. The quantitative estimate of drug-likeness (QED) is 0.614. The van der Waals surface area contributed by atoms with Crippen molar-refractivity contribution in [2.45, 2.75) is 23.5 Å². The van der Waals surface area contributed by atoms with Crippen LogP contribution in [0.4, 0.5) is 14.5 Å². The summed E-state index contributed by atoms with van der Waals surface area (Å²) in [6.45, 7) is 0. The summed E-state index contributed by atoms with van der Waals surface area (Å²) in [7, 11) is 3.07. The number of hydrogen-bond donors (Lipinski definition) is 1. The zero-order valence-corrected chi connectivity index (χ0v) is 15.8. The minimum absolute atomic E-state index is 0.148. The van der Waals surface area contributed by atoms with E-state index >= 15 is 0 Å². The molecular weight excluding hydrogens is 384 g/mol. The van der Waals surface area contributed by atoms with Crippen LogP contribution in [0.1, 0.15) is 12.0 Å². The van der Waals surface area contributed by atoms with Crippen LogP contribution in [0, 0.1) is 0 Å². The van der Waals surface area contributed by atoms with Crippen LogP contribution in [-0.4, -0.2) is 25.9 Å². The first-order valence-electron chi connectivity index (χ1n) is 7.69. The number of carbonyl (C=O) groups is 1. The summed E-state index contributed by atoms with van der Waals surface area (Å²) in [5, 5.41) is 2.81. The summed E-state index contributed by atoms with van der Waals surface area (Å²) in [4.78, 5) is 12.4. The highest BCUT2D eigenvalue weighted by molar-refractivity contribution is 7.99. The molecular formula is C18H18ClF2NO3S. The molecule has 4 nitrogen and oxygen atoms in total. The number of ether oxygens (including phenoxy) is 2. The third kappa shape index (κ3) is 5.25. The molecule has 0 aromatic heterocycles. The molecule has 0 bridgehead atoms. The summed E-state index contributed by atoms with van der Waals surface area (Å²) in [5.74, 6) is -1.80. The Hall–Kier alpha value is -1.99. The SMILES string of the molecule is COc1cccc(CCC(=O)Nc2cccc(Cl)c2SC(F)F)c1OC. The maximum atomic E-state index is 12.7. The number of amides is 1. The van der Waals surface area contributed by atoms with Crippen molar-refractivity contribution in [2.24, 2.45) is 0 Å². The molecule has 8 heteroatoms. The Kier molecular flexibility index (Phi) is 7.53. The summed E-state index contributed by atoms with van der Waals surface area (Å²) in [6.07, 6.45) is 0.554. The molecule has 2 rings (SSSR count). The Morgan fingerprint density at radius 2 is 1.92 bits per heavy atom. The highest BCUT2D eigenvalue weighted by Crippen LogP contribution is 2.38. The highest BCUT2D eigenvalue weighted by Gasteiger charge is 2.16. The lowest BCUT2D eigenvalue weighted by atomic mass is 10.1. The molecule has 0 aliphatic carbocycles. The fourth-order valence-corrected chi connectivity index (χ4v) is 3.34. The first-order chi connectivity index (χ1) is 12.5. The van der Waals surface area contributed by atoms with Gasteiger partial charge < -0.3 is 14.8 Å². The molecule has 2 aromatic rings. The summed E-state index contributed by atoms with van der Waals surface area (Å²) in [6, 6.07) is 10.1. The van der Waals surface area contributed by atoms with Crippen molar-refractivity contribution in [1.29, 1.82) is 0 Å². The zero-order chi connectivity index (χ0) is 19.1. The van der Waals surface area contributed by atoms with E-state index in [-0.39, 0.29) is 27.9 Å². The van der Waals surface area contributed by atoms with Crippen LogP contribution < -0.4 is 14.8 Å². The summed E-state index contributed by atoms with van der Waals surface area (Å²) < 4.78 is 36.0. The molecule has 1 N–H and O–H groups in total. The maximum absolute atomic E-state index is 12.7. The van der Waals surface area contributed by atoms with Crippen LogP contribution in [-0.2, 0) is 11.2 Å². The van der Waals surface area contributed by atoms with Crippen LogP contribution in [0.15, 0.2) is 41.3 Å². The number of para-hydroxylation sites is 1. The Balaban J connectivity index is 2.08. The molecule has 0 fully saturated rings. The van der Waals surface area contributed by atoms with E-state index in [2.05, 4.69) is 5.32 Å². The fourth-order valence-electron chi connectivity index (χ4n) is 2.43. The van der Waals surface area contributed by atoms with E-state index in [0.717, 1.165) is 5.56 Å². The number of benzene rings is 2. The number of halogens is 3.